The number of hydrogen-bond acceptors (Lipinski definition) is 4. The average molecular weight is 255 g/mol. The molecule has 0 unspecified atom stereocenters. The summed E-state index contributed by atoms with van der Waals surface area (Å²) >= 11 is 5.68. The molecule has 2 aromatic heterocycles. The molecule has 0 aliphatic rings. The predicted molar refractivity (Wildman–Crippen MR) is 60.8 cm³/mol. The number of furan rings is 1. The van der Waals surface area contributed by atoms with Crippen molar-refractivity contribution in [1.29, 1.82) is 0 Å². The Labute approximate surface area is 103 Å². The highest BCUT2D eigenvalue weighted by Crippen LogP contribution is 2.15. The van der Waals surface area contributed by atoms with E-state index in [1.807, 2.05) is 0 Å². The lowest BCUT2D eigenvalue weighted by Gasteiger charge is -2.01. The Bertz CT molecular complexity index is 520. The van der Waals surface area contributed by atoms with Crippen molar-refractivity contribution in [2.45, 2.75) is 6.42 Å². The number of rotatable bonds is 4. The predicted octanol–water partition coefficient (Wildman–Crippen LogP) is 1.03. The van der Waals surface area contributed by atoms with E-state index in [0.29, 0.717) is 24.4 Å². The smallest absolute Gasteiger partial charge is 0.256 e. The fourth-order valence-corrected chi connectivity index (χ4v) is 1.54. The Balaban J connectivity index is 1.83. The zero-order chi connectivity index (χ0) is 12.3. The molecule has 0 radical (unpaired) electrons. The van der Waals surface area contributed by atoms with Gasteiger partial charge < -0.3 is 9.73 Å². The zero-order valence-corrected chi connectivity index (χ0v) is 9.94. The standard InChI is InChI=1S/C10H11ClN4O2/c1-15-6-13-8(14-15)2-4-12-10(16)7-3-5-17-9(7)11/h3,5-6H,2,4H2,1H3,(H,12,16). The summed E-state index contributed by atoms with van der Waals surface area (Å²) in [6, 6.07) is 1.52. The summed E-state index contributed by atoms with van der Waals surface area (Å²) in [6.45, 7) is 0.449. The third-order valence-electron chi connectivity index (χ3n) is 2.14. The number of nitrogens with zero attached hydrogens (tertiary/aromatic N) is 3. The second-order valence-corrected chi connectivity index (χ2v) is 3.79. The molecular weight excluding hydrogens is 244 g/mol. The molecule has 2 rings (SSSR count). The molecule has 0 aliphatic carbocycles. The van der Waals surface area contributed by atoms with Gasteiger partial charge in [0.25, 0.3) is 5.91 Å². The van der Waals surface area contributed by atoms with Crippen LogP contribution in [0.25, 0.3) is 0 Å². The molecule has 0 aliphatic heterocycles. The van der Waals surface area contributed by atoms with Crippen molar-refractivity contribution < 1.29 is 9.21 Å². The number of nitrogens with one attached hydrogen (secondary N) is 1. The van der Waals surface area contributed by atoms with Crippen molar-refractivity contribution in [3.05, 3.63) is 35.3 Å². The first-order valence-electron chi connectivity index (χ1n) is 5.02. The number of aryl methyl sites for hydroxylation is 1. The summed E-state index contributed by atoms with van der Waals surface area (Å²) in [6.07, 6.45) is 3.56. The van der Waals surface area contributed by atoms with E-state index in [0.717, 1.165) is 0 Å². The lowest BCUT2D eigenvalue weighted by Crippen LogP contribution is -2.25. The Morgan fingerprint density at radius 3 is 3.06 bits per heavy atom. The van der Waals surface area contributed by atoms with E-state index >= 15 is 0 Å². The maximum atomic E-state index is 11.6. The van der Waals surface area contributed by atoms with Gasteiger partial charge in [-0.25, -0.2) is 4.98 Å². The molecule has 2 heterocycles. The fourth-order valence-electron chi connectivity index (χ4n) is 1.34. The van der Waals surface area contributed by atoms with Crippen LogP contribution in [0.5, 0.6) is 0 Å². The normalized spacial score (nSPS) is 10.5. The molecule has 1 N–H and O–H groups in total. The SMILES string of the molecule is Cn1cnc(CCNC(=O)c2ccoc2Cl)n1. The van der Waals surface area contributed by atoms with Crippen LogP contribution in [-0.4, -0.2) is 27.2 Å². The van der Waals surface area contributed by atoms with Crippen molar-refractivity contribution in [2.75, 3.05) is 6.54 Å². The Hall–Kier alpha value is -1.82. The van der Waals surface area contributed by atoms with Crippen molar-refractivity contribution in [3.63, 3.8) is 0 Å². The van der Waals surface area contributed by atoms with Crippen molar-refractivity contribution in [2.24, 2.45) is 7.05 Å². The summed E-state index contributed by atoms with van der Waals surface area (Å²) < 4.78 is 6.45. The lowest BCUT2D eigenvalue weighted by molar-refractivity contribution is 0.0953. The fraction of sp³-hybridized carbons (Fsp3) is 0.300. The molecule has 0 saturated heterocycles. The monoisotopic (exact) mass is 254 g/mol. The van der Waals surface area contributed by atoms with Gasteiger partial charge in [-0.2, -0.15) is 5.10 Å². The first kappa shape index (κ1) is 11.7. The van der Waals surface area contributed by atoms with Gasteiger partial charge in [0.05, 0.1) is 11.8 Å². The van der Waals surface area contributed by atoms with Crippen LogP contribution < -0.4 is 5.32 Å². The van der Waals surface area contributed by atoms with Crippen LogP contribution in [0.15, 0.2) is 23.1 Å². The second-order valence-electron chi connectivity index (χ2n) is 3.45. The van der Waals surface area contributed by atoms with Gasteiger partial charge in [0.2, 0.25) is 5.22 Å². The van der Waals surface area contributed by atoms with E-state index in [1.165, 1.54) is 12.3 Å². The molecule has 0 fully saturated rings. The maximum Gasteiger partial charge on any atom is 0.256 e. The minimum atomic E-state index is -0.264. The van der Waals surface area contributed by atoms with Crippen LogP contribution in [0, 0.1) is 0 Å². The number of carbonyl (C=O) groups excluding carboxylic acids is 1. The first-order chi connectivity index (χ1) is 8.16. The average Bonchev–Trinajstić information content (AvgIpc) is 2.87. The van der Waals surface area contributed by atoms with Crippen LogP contribution >= 0.6 is 11.6 Å². The van der Waals surface area contributed by atoms with Crippen molar-refractivity contribution in [3.8, 4) is 0 Å². The summed E-state index contributed by atoms with van der Waals surface area (Å²) in [5.41, 5.74) is 0.334. The molecule has 0 bridgehead atoms. The van der Waals surface area contributed by atoms with Gasteiger partial charge in [0.15, 0.2) is 5.82 Å². The molecule has 1 amide bonds. The molecule has 0 spiro atoms. The van der Waals surface area contributed by atoms with E-state index in [2.05, 4.69) is 15.4 Å². The van der Waals surface area contributed by atoms with E-state index in [-0.39, 0.29) is 11.1 Å². The molecule has 0 aromatic carbocycles. The van der Waals surface area contributed by atoms with E-state index in [4.69, 9.17) is 16.0 Å². The third-order valence-corrected chi connectivity index (χ3v) is 2.44. The highest BCUT2D eigenvalue weighted by Gasteiger charge is 2.12. The van der Waals surface area contributed by atoms with E-state index < -0.39 is 0 Å². The molecule has 0 atom stereocenters. The molecule has 6 nitrogen and oxygen atoms in total. The number of amides is 1. The van der Waals surface area contributed by atoms with Crippen LogP contribution in [0.4, 0.5) is 0 Å². The van der Waals surface area contributed by atoms with Crippen molar-refractivity contribution >= 4 is 17.5 Å². The lowest BCUT2D eigenvalue weighted by atomic mass is 10.3. The van der Waals surface area contributed by atoms with Gasteiger partial charge in [-0.05, 0) is 17.7 Å². The van der Waals surface area contributed by atoms with Crippen molar-refractivity contribution in [1.82, 2.24) is 20.1 Å². The maximum absolute atomic E-state index is 11.6. The van der Waals surface area contributed by atoms with Gasteiger partial charge in [-0.3, -0.25) is 9.48 Å². The van der Waals surface area contributed by atoms with E-state index in [1.54, 1.807) is 18.1 Å². The summed E-state index contributed by atoms with van der Waals surface area (Å²) in [5.74, 6) is 0.422. The highest BCUT2D eigenvalue weighted by molar-refractivity contribution is 6.32. The number of halogens is 1. The topological polar surface area (TPSA) is 73.0 Å². The Morgan fingerprint density at radius 2 is 2.47 bits per heavy atom. The van der Waals surface area contributed by atoms with E-state index in [9.17, 15) is 4.79 Å². The zero-order valence-electron chi connectivity index (χ0n) is 9.18. The highest BCUT2D eigenvalue weighted by atomic mass is 35.5. The molecule has 7 heteroatoms. The minimum Gasteiger partial charge on any atom is -0.452 e. The van der Waals surface area contributed by atoms with Gasteiger partial charge in [0.1, 0.15) is 6.33 Å². The van der Waals surface area contributed by atoms with Crippen LogP contribution in [-0.2, 0) is 13.5 Å². The van der Waals surface area contributed by atoms with Crippen LogP contribution in [0.1, 0.15) is 16.2 Å². The number of hydrogen-bond donors (Lipinski definition) is 1. The second kappa shape index (κ2) is 5.01. The largest absolute Gasteiger partial charge is 0.452 e. The molecule has 2 aromatic rings. The summed E-state index contributed by atoms with van der Waals surface area (Å²) in [5, 5.41) is 6.90. The van der Waals surface area contributed by atoms with Gasteiger partial charge >= 0.3 is 0 Å². The Kier molecular flexibility index (Phi) is 3.43. The number of aromatic nitrogens is 3. The molecule has 90 valence electrons. The molecular formula is C10H11ClN4O2. The third kappa shape index (κ3) is 2.85. The van der Waals surface area contributed by atoms with Crippen LogP contribution in [0.2, 0.25) is 5.22 Å². The minimum absolute atomic E-state index is 0.0958. The molecule has 17 heavy (non-hydrogen) atoms. The quantitative estimate of drug-likeness (QED) is 0.885. The van der Waals surface area contributed by atoms with Gasteiger partial charge in [-0.15, -0.1) is 0 Å². The van der Waals surface area contributed by atoms with Gasteiger partial charge in [-0.1, -0.05) is 0 Å². The summed E-state index contributed by atoms with van der Waals surface area (Å²) in [4.78, 5) is 15.7. The summed E-state index contributed by atoms with van der Waals surface area (Å²) in [7, 11) is 1.79. The molecule has 0 saturated carbocycles. The first-order valence-corrected chi connectivity index (χ1v) is 5.40. The van der Waals surface area contributed by atoms with Gasteiger partial charge in [0, 0.05) is 20.0 Å². The van der Waals surface area contributed by atoms with Crippen LogP contribution in [0.3, 0.4) is 0 Å². The number of carbonyl (C=O) groups is 1. The Morgan fingerprint density at radius 1 is 1.65 bits per heavy atom.